The highest BCUT2D eigenvalue weighted by atomic mass is 19.4. The van der Waals surface area contributed by atoms with Crippen LogP contribution in [0.4, 0.5) is 19.0 Å². The van der Waals surface area contributed by atoms with E-state index in [-0.39, 0.29) is 11.4 Å². The van der Waals surface area contributed by atoms with Crippen LogP contribution < -0.4 is 5.32 Å². The molecule has 0 radical (unpaired) electrons. The third-order valence-corrected chi connectivity index (χ3v) is 6.99. The van der Waals surface area contributed by atoms with Crippen LogP contribution in [0.1, 0.15) is 39.9 Å². The Morgan fingerprint density at radius 3 is 2.67 bits per heavy atom. The molecule has 0 aliphatic carbocycles. The van der Waals surface area contributed by atoms with E-state index in [1.165, 1.54) is 12.8 Å². The standard InChI is InChI=1S/C28H28F3N7O/c1-18-3-4-21(27(39)34-26-14-23(5-8-33-26)28(29,30)31)13-25(18)38-17-24(35-36-38)22-12-20(15-32-16-22)11-19-6-9-37(2)10-7-19/h3-5,8,12-17,19H,6-7,9-11H2,1-2H3,(H,33,34,39). The van der Waals surface area contributed by atoms with Crippen LogP contribution in [0.25, 0.3) is 16.9 Å². The summed E-state index contributed by atoms with van der Waals surface area (Å²) in [6.45, 7) is 4.09. The predicted octanol–water partition coefficient (Wildman–Crippen LogP) is 5.19. The van der Waals surface area contributed by atoms with Gasteiger partial charge in [0, 0.05) is 29.7 Å². The van der Waals surface area contributed by atoms with Crippen molar-refractivity contribution < 1.29 is 18.0 Å². The maximum atomic E-state index is 13.0. The molecular weight excluding hydrogens is 507 g/mol. The lowest BCUT2D eigenvalue weighted by Crippen LogP contribution is -2.30. The van der Waals surface area contributed by atoms with E-state index in [1.54, 1.807) is 35.3 Å². The molecule has 0 spiro atoms. The first-order chi connectivity index (χ1) is 18.7. The van der Waals surface area contributed by atoms with Gasteiger partial charge in [0.15, 0.2) is 0 Å². The summed E-state index contributed by atoms with van der Waals surface area (Å²) in [4.78, 5) is 23.4. The summed E-state index contributed by atoms with van der Waals surface area (Å²) < 4.78 is 40.6. The molecular formula is C28H28F3N7O. The Morgan fingerprint density at radius 1 is 1.10 bits per heavy atom. The third-order valence-electron chi connectivity index (χ3n) is 6.99. The number of likely N-dealkylation sites (tertiary alicyclic amines) is 1. The third kappa shape index (κ3) is 6.31. The largest absolute Gasteiger partial charge is 0.416 e. The topological polar surface area (TPSA) is 88.8 Å². The summed E-state index contributed by atoms with van der Waals surface area (Å²) >= 11 is 0. The van der Waals surface area contributed by atoms with Gasteiger partial charge in [-0.05, 0) is 93.7 Å². The van der Waals surface area contributed by atoms with Crippen molar-refractivity contribution in [3.63, 3.8) is 0 Å². The molecule has 1 aliphatic heterocycles. The number of hydrogen-bond donors (Lipinski definition) is 1. The smallest absolute Gasteiger partial charge is 0.307 e. The van der Waals surface area contributed by atoms with Crippen LogP contribution in [0.15, 0.2) is 61.2 Å². The first-order valence-electron chi connectivity index (χ1n) is 12.7. The SMILES string of the molecule is Cc1ccc(C(=O)Nc2cc(C(F)(F)F)ccn2)cc1-n1cc(-c2cncc(CC3CCN(C)CC3)c2)nn1. The van der Waals surface area contributed by atoms with Gasteiger partial charge >= 0.3 is 6.18 Å². The van der Waals surface area contributed by atoms with Crippen LogP contribution in [0.2, 0.25) is 0 Å². The number of nitrogens with one attached hydrogen (secondary N) is 1. The zero-order valence-electron chi connectivity index (χ0n) is 21.6. The number of pyridine rings is 2. The fourth-order valence-corrected chi connectivity index (χ4v) is 4.71. The van der Waals surface area contributed by atoms with E-state index in [4.69, 9.17) is 0 Å². The van der Waals surface area contributed by atoms with Gasteiger partial charge in [-0.15, -0.1) is 5.10 Å². The van der Waals surface area contributed by atoms with Gasteiger partial charge in [-0.3, -0.25) is 9.78 Å². The van der Waals surface area contributed by atoms with Crippen molar-refractivity contribution >= 4 is 11.7 Å². The molecule has 0 saturated carbocycles. The van der Waals surface area contributed by atoms with E-state index >= 15 is 0 Å². The quantitative estimate of drug-likeness (QED) is 0.366. The van der Waals surface area contributed by atoms with Crippen LogP contribution in [0.3, 0.4) is 0 Å². The van der Waals surface area contributed by atoms with E-state index in [9.17, 15) is 18.0 Å². The number of halogens is 3. The number of anilines is 1. The van der Waals surface area contributed by atoms with Crippen molar-refractivity contribution in [3.8, 4) is 16.9 Å². The van der Waals surface area contributed by atoms with E-state index in [2.05, 4.69) is 43.6 Å². The van der Waals surface area contributed by atoms with Gasteiger partial charge in [0.25, 0.3) is 5.91 Å². The lowest BCUT2D eigenvalue weighted by molar-refractivity contribution is -0.137. The molecule has 1 aliphatic rings. The highest BCUT2D eigenvalue weighted by Gasteiger charge is 2.31. The van der Waals surface area contributed by atoms with Crippen molar-refractivity contribution in [2.24, 2.45) is 5.92 Å². The molecule has 1 aromatic carbocycles. The number of carbonyl (C=O) groups excluding carboxylic acids is 1. The lowest BCUT2D eigenvalue weighted by atomic mass is 9.90. The van der Waals surface area contributed by atoms with Crippen LogP contribution >= 0.6 is 0 Å². The normalized spacial score (nSPS) is 14.9. The van der Waals surface area contributed by atoms with Gasteiger partial charge in [-0.1, -0.05) is 11.3 Å². The summed E-state index contributed by atoms with van der Waals surface area (Å²) in [5.41, 5.74) is 3.48. The molecule has 0 bridgehead atoms. The van der Waals surface area contributed by atoms with Crippen molar-refractivity contribution in [2.45, 2.75) is 32.4 Å². The van der Waals surface area contributed by atoms with Gasteiger partial charge in [0.05, 0.1) is 17.4 Å². The first kappa shape index (κ1) is 26.5. The van der Waals surface area contributed by atoms with Gasteiger partial charge in [0.1, 0.15) is 11.5 Å². The highest BCUT2D eigenvalue weighted by Crippen LogP contribution is 2.30. The van der Waals surface area contributed by atoms with Crippen LogP contribution in [0.5, 0.6) is 0 Å². The summed E-state index contributed by atoms with van der Waals surface area (Å²) in [7, 11) is 2.15. The Balaban J connectivity index is 1.33. The van der Waals surface area contributed by atoms with E-state index in [0.717, 1.165) is 54.5 Å². The molecule has 4 heterocycles. The molecule has 4 aromatic rings. The monoisotopic (exact) mass is 535 g/mol. The number of piperidine rings is 1. The van der Waals surface area contributed by atoms with E-state index in [0.29, 0.717) is 17.3 Å². The molecule has 0 unspecified atom stereocenters. The fraction of sp³-hybridized carbons (Fsp3) is 0.321. The Labute approximate surface area is 223 Å². The maximum Gasteiger partial charge on any atom is 0.416 e. The zero-order chi connectivity index (χ0) is 27.6. The Bertz CT molecular complexity index is 1480. The highest BCUT2D eigenvalue weighted by molar-refractivity contribution is 6.04. The van der Waals surface area contributed by atoms with Gasteiger partial charge in [-0.25, -0.2) is 9.67 Å². The number of aromatic nitrogens is 5. The van der Waals surface area contributed by atoms with Gasteiger partial charge in [-0.2, -0.15) is 13.2 Å². The van der Waals surface area contributed by atoms with E-state index < -0.39 is 17.6 Å². The Hall–Kier alpha value is -4.12. The number of amides is 1. The minimum atomic E-state index is -4.54. The number of rotatable bonds is 6. The molecule has 3 aromatic heterocycles. The second-order valence-electron chi connectivity index (χ2n) is 9.96. The molecule has 1 amide bonds. The number of carbonyl (C=O) groups is 1. The molecule has 5 rings (SSSR count). The Kier molecular flexibility index (Phi) is 7.42. The summed E-state index contributed by atoms with van der Waals surface area (Å²) in [5, 5.41) is 11.0. The number of alkyl halides is 3. The minimum absolute atomic E-state index is 0.187. The number of benzene rings is 1. The number of nitrogens with zero attached hydrogens (tertiary/aromatic N) is 6. The second-order valence-corrected chi connectivity index (χ2v) is 9.96. The van der Waals surface area contributed by atoms with Crippen LogP contribution in [-0.4, -0.2) is 55.9 Å². The van der Waals surface area contributed by atoms with Crippen LogP contribution in [-0.2, 0) is 12.6 Å². The predicted molar refractivity (Wildman–Crippen MR) is 140 cm³/mol. The number of aryl methyl sites for hydroxylation is 1. The zero-order valence-corrected chi connectivity index (χ0v) is 21.6. The van der Waals surface area contributed by atoms with E-state index in [1.807, 2.05) is 13.1 Å². The molecule has 8 nitrogen and oxygen atoms in total. The average Bonchev–Trinajstić information content (AvgIpc) is 3.40. The molecule has 11 heteroatoms. The lowest BCUT2D eigenvalue weighted by Gasteiger charge is -2.28. The number of hydrogen-bond acceptors (Lipinski definition) is 6. The molecule has 39 heavy (non-hydrogen) atoms. The summed E-state index contributed by atoms with van der Waals surface area (Å²) in [6, 6.07) is 8.70. The van der Waals surface area contributed by atoms with Crippen molar-refractivity contribution in [3.05, 3.63) is 83.4 Å². The average molecular weight is 536 g/mol. The van der Waals surface area contributed by atoms with Crippen molar-refractivity contribution in [1.82, 2.24) is 29.9 Å². The van der Waals surface area contributed by atoms with Crippen molar-refractivity contribution in [2.75, 3.05) is 25.5 Å². The molecule has 0 atom stereocenters. The molecule has 1 saturated heterocycles. The van der Waals surface area contributed by atoms with Crippen LogP contribution in [0, 0.1) is 12.8 Å². The second kappa shape index (κ2) is 10.9. The molecule has 1 fully saturated rings. The summed E-state index contributed by atoms with van der Waals surface area (Å²) in [5.74, 6) is -0.140. The summed E-state index contributed by atoms with van der Waals surface area (Å²) in [6.07, 6.45) is 5.21. The fourth-order valence-electron chi connectivity index (χ4n) is 4.71. The molecule has 1 N–H and O–H groups in total. The minimum Gasteiger partial charge on any atom is -0.307 e. The van der Waals surface area contributed by atoms with Gasteiger partial charge in [0.2, 0.25) is 0 Å². The Morgan fingerprint density at radius 2 is 1.90 bits per heavy atom. The first-order valence-corrected chi connectivity index (χ1v) is 12.7. The van der Waals surface area contributed by atoms with Gasteiger partial charge < -0.3 is 10.2 Å². The van der Waals surface area contributed by atoms with Crippen molar-refractivity contribution in [1.29, 1.82) is 0 Å². The molecule has 202 valence electrons. The maximum absolute atomic E-state index is 13.0.